The van der Waals surface area contributed by atoms with E-state index in [4.69, 9.17) is 4.98 Å². The molecule has 3 heteroatoms. The molecule has 76 valence electrons. The molecule has 2 fully saturated rings. The van der Waals surface area contributed by atoms with Crippen LogP contribution in [0.5, 0.6) is 0 Å². The summed E-state index contributed by atoms with van der Waals surface area (Å²) in [6, 6.07) is 0. The van der Waals surface area contributed by atoms with Crippen molar-refractivity contribution in [2.75, 3.05) is 13.1 Å². The average molecular weight is 208 g/mol. The molecular formula is C11H16N2S. The zero-order valence-corrected chi connectivity index (χ0v) is 9.15. The van der Waals surface area contributed by atoms with Crippen LogP contribution in [0.2, 0.25) is 0 Å². The van der Waals surface area contributed by atoms with Crippen molar-refractivity contribution in [2.24, 2.45) is 5.92 Å². The summed E-state index contributed by atoms with van der Waals surface area (Å²) >= 11 is 1.87. The van der Waals surface area contributed by atoms with Gasteiger partial charge in [-0.2, -0.15) is 0 Å². The molecule has 2 aliphatic rings. The Labute approximate surface area is 88.7 Å². The van der Waals surface area contributed by atoms with E-state index in [1.807, 2.05) is 11.3 Å². The molecule has 1 aromatic rings. The molecule has 2 heterocycles. The fraction of sp³-hybridized carbons (Fsp3) is 0.727. The molecule has 14 heavy (non-hydrogen) atoms. The van der Waals surface area contributed by atoms with Crippen molar-refractivity contribution >= 4 is 11.3 Å². The highest BCUT2D eigenvalue weighted by molar-refractivity contribution is 7.09. The lowest BCUT2D eigenvalue weighted by molar-refractivity contribution is 0.572. The van der Waals surface area contributed by atoms with Crippen molar-refractivity contribution in [3.8, 4) is 0 Å². The van der Waals surface area contributed by atoms with E-state index >= 15 is 0 Å². The van der Waals surface area contributed by atoms with Gasteiger partial charge in [-0.3, -0.25) is 0 Å². The van der Waals surface area contributed by atoms with Crippen molar-refractivity contribution in [1.82, 2.24) is 10.3 Å². The summed E-state index contributed by atoms with van der Waals surface area (Å²) in [6.07, 6.45) is 5.27. The third kappa shape index (κ3) is 1.84. The average Bonchev–Trinajstić information content (AvgIpc) is 2.75. The third-order valence-electron chi connectivity index (χ3n) is 3.16. The van der Waals surface area contributed by atoms with Gasteiger partial charge in [-0.05, 0) is 44.7 Å². The van der Waals surface area contributed by atoms with Gasteiger partial charge < -0.3 is 5.32 Å². The highest BCUT2D eigenvalue weighted by atomic mass is 32.1. The molecule has 0 spiro atoms. The number of nitrogens with one attached hydrogen (secondary N) is 1. The number of aromatic nitrogens is 1. The van der Waals surface area contributed by atoms with Crippen LogP contribution in [0.1, 0.15) is 35.9 Å². The fourth-order valence-corrected chi connectivity index (χ4v) is 3.12. The summed E-state index contributed by atoms with van der Waals surface area (Å²) in [5, 5.41) is 7.07. The first-order valence-electron chi connectivity index (χ1n) is 5.57. The first-order valence-corrected chi connectivity index (χ1v) is 6.45. The van der Waals surface area contributed by atoms with E-state index in [2.05, 4.69) is 10.7 Å². The molecule has 0 amide bonds. The minimum atomic E-state index is 0.829. The smallest absolute Gasteiger partial charge is 0.0959 e. The van der Waals surface area contributed by atoms with Gasteiger partial charge in [0.15, 0.2) is 0 Å². The molecule has 0 aromatic carbocycles. The summed E-state index contributed by atoms with van der Waals surface area (Å²) in [5.41, 5.74) is 1.34. The molecule has 0 radical (unpaired) electrons. The van der Waals surface area contributed by atoms with Crippen molar-refractivity contribution in [3.63, 3.8) is 0 Å². The predicted molar refractivity (Wildman–Crippen MR) is 58.8 cm³/mol. The zero-order valence-electron chi connectivity index (χ0n) is 8.33. The zero-order chi connectivity index (χ0) is 9.38. The second-order valence-electron chi connectivity index (χ2n) is 4.51. The van der Waals surface area contributed by atoms with Gasteiger partial charge in [0, 0.05) is 11.3 Å². The Hall–Kier alpha value is -0.410. The second kappa shape index (κ2) is 3.63. The number of nitrogens with zero attached hydrogens (tertiary/aromatic N) is 1. The van der Waals surface area contributed by atoms with Crippen LogP contribution in [-0.2, 0) is 6.42 Å². The SMILES string of the molecule is c1sc(C2CC2)nc1CC1CCNC1. The van der Waals surface area contributed by atoms with Crippen LogP contribution in [0.25, 0.3) is 0 Å². The van der Waals surface area contributed by atoms with Crippen molar-refractivity contribution in [1.29, 1.82) is 0 Å². The van der Waals surface area contributed by atoms with Crippen molar-refractivity contribution in [3.05, 3.63) is 16.1 Å². The lowest BCUT2D eigenvalue weighted by Crippen LogP contribution is -2.10. The molecule has 1 unspecified atom stereocenters. The van der Waals surface area contributed by atoms with Gasteiger partial charge in [0.25, 0.3) is 0 Å². The van der Waals surface area contributed by atoms with Gasteiger partial charge >= 0.3 is 0 Å². The molecule has 1 saturated carbocycles. The molecule has 1 atom stereocenters. The minimum Gasteiger partial charge on any atom is -0.316 e. The van der Waals surface area contributed by atoms with Crippen LogP contribution in [-0.4, -0.2) is 18.1 Å². The summed E-state index contributed by atoms with van der Waals surface area (Å²) in [4.78, 5) is 4.73. The Morgan fingerprint density at radius 3 is 3.07 bits per heavy atom. The van der Waals surface area contributed by atoms with E-state index in [1.165, 1.54) is 49.5 Å². The van der Waals surface area contributed by atoms with Gasteiger partial charge in [0.1, 0.15) is 0 Å². The third-order valence-corrected chi connectivity index (χ3v) is 4.21. The molecule has 1 saturated heterocycles. The van der Waals surface area contributed by atoms with Crippen LogP contribution in [0, 0.1) is 5.92 Å². The Kier molecular flexibility index (Phi) is 2.30. The first-order chi connectivity index (χ1) is 6.92. The van der Waals surface area contributed by atoms with Crippen LogP contribution in [0.4, 0.5) is 0 Å². The minimum absolute atomic E-state index is 0.829. The van der Waals surface area contributed by atoms with Crippen LogP contribution >= 0.6 is 11.3 Å². The Bertz CT molecular complexity index is 311. The normalized spacial score (nSPS) is 27.0. The summed E-state index contributed by atoms with van der Waals surface area (Å²) in [7, 11) is 0. The first kappa shape index (κ1) is 8.86. The van der Waals surface area contributed by atoms with Gasteiger partial charge in [-0.1, -0.05) is 0 Å². The standard InChI is InChI=1S/C11H16N2S/c1-2-9(1)11-13-10(7-14-11)5-8-3-4-12-6-8/h7-9,12H,1-6H2. The monoisotopic (exact) mass is 208 g/mol. The Balaban J connectivity index is 1.64. The molecule has 0 bridgehead atoms. The number of hydrogen-bond donors (Lipinski definition) is 1. The summed E-state index contributed by atoms with van der Waals surface area (Å²) in [5.74, 6) is 1.67. The van der Waals surface area contributed by atoms with Crippen LogP contribution in [0.15, 0.2) is 5.38 Å². The molecule has 1 aromatic heterocycles. The lowest BCUT2D eigenvalue weighted by atomic mass is 10.0. The topological polar surface area (TPSA) is 24.9 Å². The quantitative estimate of drug-likeness (QED) is 0.823. The predicted octanol–water partition coefficient (Wildman–Crippen LogP) is 2.17. The van der Waals surface area contributed by atoms with E-state index < -0.39 is 0 Å². The van der Waals surface area contributed by atoms with Gasteiger partial charge in [0.2, 0.25) is 0 Å². The second-order valence-corrected chi connectivity index (χ2v) is 5.40. The highest BCUT2D eigenvalue weighted by Gasteiger charge is 2.27. The van der Waals surface area contributed by atoms with E-state index in [-0.39, 0.29) is 0 Å². The maximum Gasteiger partial charge on any atom is 0.0959 e. The van der Waals surface area contributed by atoms with Gasteiger partial charge in [-0.25, -0.2) is 4.98 Å². The van der Waals surface area contributed by atoms with E-state index in [0.29, 0.717) is 0 Å². The van der Waals surface area contributed by atoms with Gasteiger partial charge in [0.05, 0.1) is 10.7 Å². The van der Waals surface area contributed by atoms with E-state index in [0.717, 1.165) is 11.8 Å². The lowest BCUT2D eigenvalue weighted by Gasteiger charge is -2.03. The highest BCUT2D eigenvalue weighted by Crippen LogP contribution is 2.41. The molecule has 3 rings (SSSR count). The largest absolute Gasteiger partial charge is 0.316 e. The Morgan fingerprint density at radius 1 is 1.43 bits per heavy atom. The van der Waals surface area contributed by atoms with Crippen molar-refractivity contribution < 1.29 is 0 Å². The Morgan fingerprint density at radius 2 is 2.36 bits per heavy atom. The molecule has 1 aliphatic heterocycles. The number of rotatable bonds is 3. The fourth-order valence-electron chi connectivity index (χ4n) is 2.12. The van der Waals surface area contributed by atoms with Crippen LogP contribution in [0.3, 0.4) is 0 Å². The van der Waals surface area contributed by atoms with Crippen LogP contribution < -0.4 is 5.32 Å². The molecule has 1 N–H and O–H groups in total. The summed E-state index contributed by atoms with van der Waals surface area (Å²) < 4.78 is 0. The van der Waals surface area contributed by atoms with E-state index in [9.17, 15) is 0 Å². The number of hydrogen-bond acceptors (Lipinski definition) is 3. The van der Waals surface area contributed by atoms with Crippen molar-refractivity contribution in [2.45, 2.75) is 31.6 Å². The summed E-state index contributed by atoms with van der Waals surface area (Å²) in [6.45, 7) is 2.39. The maximum atomic E-state index is 4.73. The van der Waals surface area contributed by atoms with Gasteiger partial charge in [-0.15, -0.1) is 11.3 Å². The molecule has 2 nitrogen and oxygen atoms in total. The number of thiazole rings is 1. The maximum absolute atomic E-state index is 4.73. The van der Waals surface area contributed by atoms with E-state index in [1.54, 1.807) is 0 Å². The molecule has 1 aliphatic carbocycles. The molecular weight excluding hydrogens is 192 g/mol.